The molecular weight excluding hydrogens is 410 g/mol. The number of hydrogen-bond acceptors (Lipinski definition) is 1. The summed E-state index contributed by atoms with van der Waals surface area (Å²) < 4.78 is 0. The van der Waals surface area contributed by atoms with Crippen molar-refractivity contribution in [2.75, 3.05) is 14.1 Å². The van der Waals surface area contributed by atoms with Gasteiger partial charge in [0.25, 0.3) is 0 Å². The number of benzene rings is 2. The van der Waals surface area contributed by atoms with Crippen molar-refractivity contribution >= 4 is 0 Å². The average Bonchev–Trinajstić information content (AvgIpc) is 2.89. The normalized spacial score (nSPS) is 25.6. The Bertz CT molecular complexity index is 864. The molecule has 186 valence electrons. The summed E-state index contributed by atoms with van der Waals surface area (Å²) in [7, 11) is 4.47. The van der Waals surface area contributed by atoms with E-state index in [4.69, 9.17) is 0 Å². The van der Waals surface area contributed by atoms with Crippen LogP contribution in [-0.4, -0.2) is 25.0 Å². The minimum Gasteiger partial charge on any atom is -0.306 e. The number of rotatable bonds is 9. The molecule has 0 bridgehead atoms. The van der Waals surface area contributed by atoms with Crippen LogP contribution >= 0.6 is 0 Å². The van der Waals surface area contributed by atoms with Crippen LogP contribution in [0.15, 0.2) is 42.5 Å². The Morgan fingerprint density at radius 2 is 1.32 bits per heavy atom. The summed E-state index contributed by atoms with van der Waals surface area (Å²) in [5, 5.41) is 0. The minimum atomic E-state index is 0.745. The monoisotopic (exact) mass is 459 g/mol. The lowest BCUT2D eigenvalue weighted by Gasteiger charge is -2.33. The largest absolute Gasteiger partial charge is 0.306 e. The number of nitrogens with zero attached hydrogens (tertiary/aromatic N) is 1. The van der Waals surface area contributed by atoms with E-state index in [1.807, 2.05) is 0 Å². The molecule has 4 rings (SSSR count). The first-order valence-electron chi connectivity index (χ1n) is 14.5. The maximum absolute atomic E-state index is 2.53. The molecule has 2 aliphatic rings. The second-order valence-corrected chi connectivity index (χ2v) is 11.6. The lowest BCUT2D eigenvalue weighted by atomic mass is 9.77. The SMILES string of the molecule is CCCCCC1CCC(c2ccc(-c3ccc(C4CCC(N(C)C)CC4)cc3CC)cc2)CC1. The predicted molar refractivity (Wildman–Crippen MR) is 149 cm³/mol. The molecule has 0 spiro atoms. The van der Waals surface area contributed by atoms with Crippen LogP contribution in [0.2, 0.25) is 0 Å². The Kier molecular flexibility index (Phi) is 9.29. The van der Waals surface area contributed by atoms with Gasteiger partial charge < -0.3 is 4.90 Å². The summed E-state index contributed by atoms with van der Waals surface area (Å²) in [5.74, 6) is 2.52. The van der Waals surface area contributed by atoms with E-state index in [0.29, 0.717) is 0 Å². The first kappa shape index (κ1) is 25.5. The van der Waals surface area contributed by atoms with E-state index in [9.17, 15) is 0 Å². The molecule has 2 aromatic carbocycles. The maximum atomic E-state index is 2.53. The Balaban J connectivity index is 1.38. The van der Waals surface area contributed by atoms with E-state index < -0.39 is 0 Å². The summed E-state index contributed by atoms with van der Waals surface area (Å²) in [6.45, 7) is 4.63. The molecule has 0 amide bonds. The molecule has 0 aromatic heterocycles. The molecule has 0 aliphatic heterocycles. The molecule has 0 atom stereocenters. The van der Waals surface area contributed by atoms with Gasteiger partial charge in [0.1, 0.15) is 0 Å². The van der Waals surface area contributed by atoms with Crippen LogP contribution in [0.5, 0.6) is 0 Å². The van der Waals surface area contributed by atoms with Gasteiger partial charge in [-0.15, -0.1) is 0 Å². The first-order chi connectivity index (χ1) is 16.6. The van der Waals surface area contributed by atoms with Crippen molar-refractivity contribution in [3.63, 3.8) is 0 Å². The molecule has 1 nitrogen and oxygen atoms in total. The zero-order valence-electron chi connectivity index (χ0n) is 22.5. The van der Waals surface area contributed by atoms with E-state index >= 15 is 0 Å². The summed E-state index contributed by atoms with van der Waals surface area (Å²) >= 11 is 0. The van der Waals surface area contributed by atoms with Crippen molar-refractivity contribution in [2.45, 2.75) is 115 Å². The Morgan fingerprint density at radius 3 is 1.94 bits per heavy atom. The molecule has 2 saturated carbocycles. The molecule has 2 aromatic rings. The molecule has 0 saturated heterocycles. The standard InChI is InChI=1S/C33H49N/c1-5-7-8-9-25-10-12-27(13-11-25)28-14-16-30(17-15-28)33-23-20-31(24-26(33)6-2)29-18-21-32(22-19-29)34(3)4/h14-17,20,23-25,27,29,32H,5-13,18-19,21-22H2,1-4H3. The molecular formula is C33H49N. The average molecular weight is 460 g/mol. The van der Waals surface area contributed by atoms with Crippen LogP contribution in [0, 0.1) is 5.92 Å². The van der Waals surface area contributed by atoms with Crippen LogP contribution in [-0.2, 0) is 6.42 Å². The molecule has 1 heteroatoms. The van der Waals surface area contributed by atoms with Crippen LogP contribution < -0.4 is 0 Å². The zero-order valence-corrected chi connectivity index (χ0v) is 22.5. The molecule has 0 heterocycles. The van der Waals surface area contributed by atoms with Crippen LogP contribution in [0.4, 0.5) is 0 Å². The van der Waals surface area contributed by atoms with Gasteiger partial charge in [-0.3, -0.25) is 0 Å². The fraction of sp³-hybridized carbons (Fsp3) is 0.636. The second-order valence-electron chi connectivity index (χ2n) is 11.6. The van der Waals surface area contributed by atoms with E-state index in [1.165, 1.54) is 93.7 Å². The van der Waals surface area contributed by atoms with Gasteiger partial charge in [-0.05, 0) is 117 Å². The highest BCUT2D eigenvalue weighted by atomic mass is 15.1. The fourth-order valence-electron chi connectivity index (χ4n) is 6.77. The highest BCUT2D eigenvalue weighted by Gasteiger charge is 2.24. The van der Waals surface area contributed by atoms with Crippen molar-refractivity contribution in [3.05, 3.63) is 59.2 Å². The van der Waals surface area contributed by atoms with E-state index in [2.05, 4.69) is 75.3 Å². The summed E-state index contributed by atoms with van der Waals surface area (Å²) in [6.07, 6.45) is 17.8. The van der Waals surface area contributed by atoms with Gasteiger partial charge in [-0.1, -0.05) is 82.0 Å². The minimum absolute atomic E-state index is 0.745. The third-order valence-electron chi connectivity index (χ3n) is 9.16. The Morgan fingerprint density at radius 1 is 0.706 bits per heavy atom. The third-order valence-corrected chi connectivity index (χ3v) is 9.16. The van der Waals surface area contributed by atoms with Gasteiger partial charge in [-0.2, -0.15) is 0 Å². The second kappa shape index (κ2) is 12.4. The van der Waals surface area contributed by atoms with Crippen molar-refractivity contribution < 1.29 is 0 Å². The van der Waals surface area contributed by atoms with Crippen LogP contribution in [0.25, 0.3) is 11.1 Å². The van der Waals surface area contributed by atoms with E-state index in [0.717, 1.165) is 30.2 Å². The summed E-state index contributed by atoms with van der Waals surface area (Å²) in [6, 6.07) is 17.8. The van der Waals surface area contributed by atoms with Crippen molar-refractivity contribution in [2.24, 2.45) is 5.92 Å². The van der Waals surface area contributed by atoms with Crippen molar-refractivity contribution in [1.29, 1.82) is 0 Å². The lowest BCUT2D eigenvalue weighted by Crippen LogP contribution is -2.31. The lowest BCUT2D eigenvalue weighted by molar-refractivity contribution is 0.216. The molecule has 0 N–H and O–H groups in total. The molecule has 2 fully saturated rings. The molecule has 34 heavy (non-hydrogen) atoms. The first-order valence-corrected chi connectivity index (χ1v) is 14.5. The highest BCUT2D eigenvalue weighted by Crippen LogP contribution is 2.39. The third kappa shape index (κ3) is 6.34. The Labute approximate surface area is 210 Å². The Hall–Kier alpha value is -1.60. The summed E-state index contributed by atoms with van der Waals surface area (Å²) in [5.41, 5.74) is 7.51. The van der Waals surface area contributed by atoms with Gasteiger partial charge >= 0.3 is 0 Å². The van der Waals surface area contributed by atoms with Crippen molar-refractivity contribution in [3.8, 4) is 11.1 Å². The van der Waals surface area contributed by atoms with Gasteiger partial charge in [0.2, 0.25) is 0 Å². The van der Waals surface area contributed by atoms with E-state index in [1.54, 1.807) is 11.1 Å². The maximum Gasteiger partial charge on any atom is 0.00896 e. The molecule has 0 radical (unpaired) electrons. The topological polar surface area (TPSA) is 3.24 Å². The highest BCUT2D eigenvalue weighted by molar-refractivity contribution is 5.68. The van der Waals surface area contributed by atoms with Gasteiger partial charge in [0, 0.05) is 6.04 Å². The molecule has 0 unspecified atom stereocenters. The van der Waals surface area contributed by atoms with Gasteiger partial charge in [-0.25, -0.2) is 0 Å². The quantitative estimate of drug-likeness (QED) is 0.338. The van der Waals surface area contributed by atoms with Gasteiger partial charge in [0.15, 0.2) is 0 Å². The van der Waals surface area contributed by atoms with Gasteiger partial charge in [0.05, 0.1) is 0 Å². The molecule has 2 aliphatic carbocycles. The zero-order chi connectivity index (χ0) is 23.9. The summed E-state index contributed by atoms with van der Waals surface area (Å²) in [4.78, 5) is 2.42. The smallest absolute Gasteiger partial charge is 0.00896 e. The number of hydrogen-bond donors (Lipinski definition) is 0. The van der Waals surface area contributed by atoms with Crippen LogP contribution in [0.1, 0.15) is 119 Å². The van der Waals surface area contributed by atoms with Crippen LogP contribution in [0.3, 0.4) is 0 Å². The van der Waals surface area contributed by atoms with E-state index in [-0.39, 0.29) is 0 Å². The number of unbranched alkanes of at least 4 members (excludes halogenated alkanes) is 2. The van der Waals surface area contributed by atoms with Crippen molar-refractivity contribution in [1.82, 2.24) is 4.90 Å². The number of aryl methyl sites for hydroxylation is 1. The predicted octanol–water partition coefficient (Wildman–Crippen LogP) is 9.36. The fourth-order valence-corrected chi connectivity index (χ4v) is 6.77.